The second kappa shape index (κ2) is 9.46. The van der Waals surface area contributed by atoms with Crippen LogP contribution in [-0.2, 0) is 14.3 Å². The maximum atomic E-state index is 12.9. The molecule has 2 N–H and O–H groups in total. The van der Waals surface area contributed by atoms with Crippen LogP contribution in [0.25, 0.3) is 5.69 Å². The molecule has 3 rings (SSSR count). The molecule has 1 aromatic carbocycles. The van der Waals surface area contributed by atoms with Gasteiger partial charge in [-0.2, -0.15) is 5.10 Å². The average Bonchev–Trinajstić information content (AvgIpc) is 3.06. The molecule has 0 saturated carbocycles. The summed E-state index contributed by atoms with van der Waals surface area (Å²) in [5.74, 6) is -1.15. The number of nitrogens with zero attached hydrogens (tertiary/aromatic N) is 2. The number of aromatic nitrogens is 2. The van der Waals surface area contributed by atoms with Crippen LogP contribution in [0.2, 0.25) is 0 Å². The molecule has 0 saturated heterocycles. The summed E-state index contributed by atoms with van der Waals surface area (Å²) < 4.78 is 12.3. The van der Waals surface area contributed by atoms with E-state index in [1.807, 2.05) is 37.3 Å². The Kier molecular flexibility index (Phi) is 6.74. The minimum absolute atomic E-state index is 0.191. The first-order chi connectivity index (χ1) is 14.9. The van der Waals surface area contributed by atoms with Gasteiger partial charge < -0.3 is 20.1 Å². The van der Waals surface area contributed by atoms with Gasteiger partial charge in [0.05, 0.1) is 41.0 Å². The number of amides is 2. The standard InChI is InChI=1S/C22H26N4O5/c1-5-16-19(21(28)30-6-2)17(24-22(29)23-16)12-31-20(27)18-13(3)25-26(14(18)4)15-10-8-7-9-11-15/h7-11,16H,5-6,12H2,1-4H3,(H2,23,24,29). The molecule has 1 aromatic heterocycles. The van der Waals surface area contributed by atoms with Crippen molar-refractivity contribution in [1.82, 2.24) is 20.4 Å². The Morgan fingerprint density at radius 3 is 2.45 bits per heavy atom. The summed E-state index contributed by atoms with van der Waals surface area (Å²) >= 11 is 0. The molecule has 31 heavy (non-hydrogen) atoms. The van der Waals surface area contributed by atoms with E-state index in [1.165, 1.54) is 0 Å². The van der Waals surface area contributed by atoms with E-state index in [0.29, 0.717) is 23.4 Å². The van der Waals surface area contributed by atoms with E-state index >= 15 is 0 Å². The smallest absolute Gasteiger partial charge is 0.342 e. The molecule has 0 aliphatic carbocycles. The molecule has 1 aliphatic heterocycles. The van der Waals surface area contributed by atoms with Gasteiger partial charge in [0.15, 0.2) is 0 Å². The van der Waals surface area contributed by atoms with Gasteiger partial charge in [0, 0.05) is 0 Å². The lowest BCUT2D eigenvalue weighted by molar-refractivity contribution is -0.139. The number of hydrogen-bond donors (Lipinski definition) is 2. The van der Waals surface area contributed by atoms with Crippen molar-refractivity contribution < 1.29 is 23.9 Å². The second-order valence-corrected chi connectivity index (χ2v) is 7.04. The van der Waals surface area contributed by atoms with Gasteiger partial charge in [-0.1, -0.05) is 25.1 Å². The Morgan fingerprint density at radius 2 is 1.81 bits per heavy atom. The SMILES string of the molecule is CCOC(=O)C1=C(COC(=O)c2c(C)nn(-c3ccccc3)c2C)NC(=O)NC1CC. The summed E-state index contributed by atoms with van der Waals surface area (Å²) in [6.45, 7) is 6.97. The normalized spacial score (nSPS) is 15.9. The van der Waals surface area contributed by atoms with Crippen LogP contribution in [0.5, 0.6) is 0 Å². The van der Waals surface area contributed by atoms with Crippen molar-refractivity contribution in [3.8, 4) is 5.69 Å². The molecule has 0 fully saturated rings. The van der Waals surface area contributed by atoms with Gasteiger partial charge in [-0.3, -0.25) is 0 Å². The first kappa shape index (κ1) is 22.1. The van der Waals surface area contributed by atoms with Crippen LogP contribution in [0.1, 0.15) is 42.0 Å². The molecular formula is C22H26N4O5. The number of hydrogen-bond acceptors (Lipinski definition) is 6. The summed E-state index contributed by atoms with van der Waals surface area (Å²) in [5, 5.41) is 9.70. The highest BCUT2D eigenvalue weighted by Gasteiger charge is 2.32. The lowest BCUT2D eigenvalue weighted by atomic mass is 10.0. The van der Waals surface area contributed by atoms with Gasteiger partial charge in [0.25, 0.3) is 0 Å². The maximum absolute atomic E-state index is 12.9. The van der Waals surface area contributed by atoms with Gasteiger partial charge in [-0.05, 0) is 39.3 Å². The molecule has 9 heteroatoms. The van der Waals surface area contributed by atoms with Crippen molar-refractivity contribution in [2.24, 2.45) is 0 Å². The van der Waals surface area contributed by atoms with E-state index in [9.17, 15) is 14.4 Å². The molecule has 1 atom stereocenters. The number of aryl methyl sites for hydroxylation is 1. The van der Waals surface area contributed by atoms with E-state index in [4.69, 9.17) is 9.47 Å². The Bertz CT molecular complexity index is 1030. The highest BCUT2D eigenvalue weighted by atomic mass is 16.5. The Morgan fingerprint density at radius 1 is 1.10 bits per heavy atom. The number of benzene rings is 1. The van der Waals surface area contributed by atoms with Crippen molar-refractivity contribution in [3.63, 3.8) is 0 Å². The molecule has 0 bridgehead atoms. The zero-order valence-corrected chi connectivity index (χ0v) is 18.0. The molecule has 1 unspecified atom stereocenters. The first-order valence-corrected chi connectivity index (χ1v) is 10.1. The zero-order chi connectivity index (χ0) is 22.5. The Labute approximate surface area is 180 Å². The highest BCUT2D eigenvalue weighted by Crippen LogP contribution is 2.21. The van der Waals surface area contributed by atoms with Crippen LogP contribution in [-0.4, -0.2) is 47.0 Å². The van der Waals surface area contributed by atoms with Crippen LogP contribution in [0.15, 0.2) is 41.6 Å². The number of carbonyl (C=O) groups excluding carboxylic acids is 3. The number of esters is 2. The van der Waals surface area contributed by atoms with Crippen molar-refractivity contribution in [1.29, 1.82) is 0 Å². The zero-order valence-electron chi connectivity index (χ0n) is 18.0. The fourth-order valence-electron chi connectivity index (χ4n) is 3.54. The van der Waals surface area contributed by atoms with Crippen LogP contribution >= 0.6 is 0 Å². The lowest BCUT2D eigenvalue weighted by Crippen LogP contribution is -2.51. The summed E-state index contributed by atoms with van der Waals surface area (Å²) in [6.07, 6.45) is 0.487. The summed E-state index contributed by atoms with van der Waals surface area (Å²) in [7, 11) is 0. The summed E-state index contributed by atoms with van der Waals surface area (Å²) in [6, 6.07) is 8.46. The van der Waals surface area contributed by atoms with Crippen molar-refractivity contribution in [3.05, 3.63) is 58.6 Å². The van der Waals surface area contributed by atoms with Gasteiger partial charge >= 0.3 is 18.0 Å². The van der Waals surface area contributed by atoms with Crippen molar-refractivity contribution in [2.45, 2.75) is 40.2 Å². The third-order valence-electron chi connectivity index (χ3n) is 4.99. The second-order valence-electron chi connectivity index (χ2n) is 7.04. The molecule has 0 radical (unpaired) electrons. The maximum Gasteiger partial charge on any atom is 0.342 e. The number of carbonyl (C=O) groups is 3. The van der Waals surface area contributed by atoms with Gasteiger partial charge in [0.1, 0.15) is 12.2 Å². The summed E-state index contributed by atoms with van der Waals surface area (Å²) in [5.41, 5.74) is 2.79. The van der Waals surface area contributed by atoms with Crippen molar-refractivity contribution >= 4 is 18.0 Å². The lowest BCUT2D eigenvalue weighted by Gasteiger charge is -2.28. The summed E-state index contributed by atoms with van der Waals surface area (Å²) in [4.78, 5) is 37.3. The monoisotopic (exact) mass is 426 g/mol. The predicted octanol–water partition coefficient (Wildman–Crippen LogP) is 2.55. The Balaban J connectivity index is 1.86. The van der Waals surface area contributed by atoms with E-state index in [1.54, 1.807) is 25.5 Å². The van der Waals surface area contributed by atoms with E-state index < -0.39 is 24.0 Å². The van der Waals surface area contributed by atoms with Crippen LogP contribution in [0, 0.1) is 13.8 Å². The number of ether oxygens (including phenoxy) is 2. The fraction of sp³-hybridized carbons (Fsp3) is 0.364. The predicted molar refractivity (Wildman–Crippen MR) is 113 cm³/mol. The minimum atomic E-state index is -0.589. The fourth-order valence-corrected chi connectivity index (χ4v) is 3.54. The first-order valence-electron chi connectivity index (χ1n) is 10.1. The largest absolute Gasteiger partial charge is 0.463 e. The third-order valence-corrected chi connectivity index (χ3v) is 4.99. The molecule has 164 valence electrons. The third kappa shape index (κ3) is 4.60. The molecule has 2 amide bonds. The minimum Gasteiger partial charge on any atom is -0.463 e. The molecular weight excluding hydrogens is 400 g/mol. The quantitative estimate of drug-likeness (QED) is 0.658. The van der Waals surface area contributed by atoms with Crippen LogP contribution < -0.4 is 10.6 Å². The molecule has 9 nitrogen and oxygen atoms in total. The van der Waals surface area contributed by atoms with Crippen LogP contribution in [0.4, 0.5) is 4.79 Å². The molecule has 1 aliphatic rings. The van der Waals surface area contributed by atoms with Crippen molar-refractivity contribution in [2.75, 3.05) is 13.2 Å². The number of rotatable bonds is 7. The number of urea groups is 1. The van der Waals surface area contributed by atoms with Crippen LogP contribution in [0.3, 0.4) is 0 Å². The Hall–Kier alpha value is -3.62. The molecule has 0 spiro atoms. The average molecular weight is 426 g/mol. The molecule has 2 aromatic rings. The molecule has 2 heterocycles. The van der Waals surface area contributed by atoms with E-state index in [2.05, 4.69) is 15.7 Å². The van der Waals surface area contributed by atoms with Gasteiger partial charge in [-0.25, -0.2) is 19.1 Å². The topological polar surface area (TPSA) is 112 Å². The highest BCUT2D eigenvalue weighted by molar-refractivity contribution is 5.95. The number of para-hydroxylation sites is 1. The van der Waals surface area contributed by atoms with Gasteiger partial charge in [0.2, 0.25) is 0 Å². The van der Waals surface area contributed by atoms with Gasteiger partial charge in [-0.15, -0.1) is 0 Å². The number of nitrogens with one attached hydrogen (secondary N) is 2. The van der Waals surface area contributed by atoms with E-state index in [0.717, 1.165) is 5.69 Å². The van der Waals surface area contributed by atoms with E-state index in [-0.39, 0.29) is 24.5 Å².